The van der Waals surface area contributed by atoms with Gasteiger partial charge in [-0.05, 0) is 32.1 Å². The van der Waals surface area contributed by atoms with E-state index in [0.29, 0.717) is 19.3 Å². The third-order valence-electron chi connectivity index (χ3n) is 8.37. The molecule has 278 valence electrons. The molecule has 0 spiro atoms. The van der Waals surface area contributed by atoms with Gasteiger partial charge in [-0.1, -0.05) is 134 Å². The fourth-order valence-electron chi connectivity index (χ4n) is 5.38. The zero-order chi connectivity index (χ0) is 35.7. The molecule has 1 N–H and O–H groups in total. The summed E-state index contributed by atoms with van der Waals surface area (Å²) in [5, 5.41) is 9.57. The first-order valence-electron chi connectivity index (χ1n) is 19.1. The van der Waals surface area contributed by atoms with Gasteiger partial charge in [0.15, 0.2) is 12.1 Å². The molecule has 0 heterocycles. The van der Waals surface area contributed by atoms with Gasteiger partial charge in [-0.15, -0.1) is 0 Å². The van der Waals surface area contributed by atoms with Crippen LogP contribution in [0.15, 0.2) is 36.5 Å². The molecule has 0 saturated carbocycles. The zero-order valence-electron chi connectivity index (χ0n) is 31.4. The molecule has 0 amide bonds. The number of nitrogens with zero attached hydrogens (tertiary/aromatic N) is 1. The summed E-state index contributed by atoms with van der Waals surface area (Å²) in [5.74, 6) is -1.49. The Morgan fingerprint density at radius 3 is 1.71 bits per heavy atom. The van der Waals surface area contributed by atoms with E-state index in [4.69, 9.17) is 14.2 Å². The van der Waals surface area contributed by atoms with Crippen molar-refractivity contribution >= 4 is 17.9 Å². The number of quaternary nitrogens is 1. The molecule has 0 aliphatic rings. The summed E-state index contributed by atoms with van der Waals surface area (Å²) in [7, 11) is 5.51. The van der Waals surface area contributed by atoms with Crippen LogP contribution >= 0.6 is 0 Å². The molecule has 0 fully saturated rings. The Bertz CT molecular complexity index is 891. The number of carboxylic acids is 1. The molecular weight excluding hydrogens is 606 g/mol. The number of allylic oxidation sites excluding steroid dienone is 6. The van der Waals surface area contributed by atoms with E-state index in [9.17, 15) is 19.5 Å². The number of unbranched alkanes of at least 4 members (excludes halogenated alkanes) is 15. The first-order chi connectivity index (χ1) is 23.1. The topological polar surface area (TPSA) is 99.1 Å². The molecule has 0 rings (SSSR count). The number of aliphatic carboxylic acids is 1. The number of esters is 2. The molecule has 0 aromatic heterocycles. The number of rotatable bonds is 33. The standard InChI is InChI=1S/C40H71NO7/c1-6-8-10-12-14-16-17-18-19-20-21-23-24-26-28-30-38(42)47-35-36(34-46-33-32-37(40(44)45)41(3,4)5)48-39(43)31-29-27-25-22-15-13-11-9-7-2/h8,10,12,14,16-17,36-37H,6-7,9,11,13,15,18-35H2,1-5H3/p+1/b10-8+,14-12+,17-16+. The van der Waals surface area contributed by atoms with Crippen LogP contribution < -0.4 is 0 Å². The Hall–Kier alpha value is -2.45. The lowest BCUT2D eigenvalue weighted by atomic mass is 10.1. The lowest BCUT2D eigenvalue weighted by Crippen LogP contribution is -2.50. The van der Waals surface area contributed by atoms with Crippen molar-refractivity contribution in [3.63, 3.8) is 0 Å². The van der Waals surface area contributed by atoms with Crippen LogP contribution in [-0.4, -0.2) is 80.6 Å². The lowest BCUT2D eigenvalue weighted by molar-refractivity contribution is -0.887. The maximum atomic E-state index is 12.6. The summed E-state index contributed by atoms with van der Waals surface area (Å²) in [6, 6.07) is -0.613. The highest BCUT2D eigenvalue weighted by molar-refractivity contribution is 5.72. The number of hydrogen-bond donors (Lipinski definition) is 1. The van der Waals surface area contributed by atoms with Crippen molar-refractivity contribution < 1.29 is 38.2 Å². The number of likely N-dealkylation sites (N-methyl/N-ethyl adjacent to an activating group) is 1. The van der Waals surface area contributed by atoms with E-state index >= 15 is 0 Å². The number of hydrogen-bond acceptors (Lipinski definition) is 6. The monoisotopic (exact) mass is 679 g/mol. The van der Waals surface area contributed by atoms with Crippen LogP contribution in [0.1, 0.15) is 149 Å². The summed E-state index contributed by atoms with van der Waals surface area (Å²) >= 11 is 0. The number of carbonyl (C=O) groups is 3. The van der Waals surface area contributed by atoms with E-state index in [2.05, 4.69) is 50.3 Å². The minimum atomic E-state index is -0.878. The number of ether oxygens (including phenoxy) is 3. The van der Waals surface area contributed by atoms with E-state index in [1.807, 2.05) is 21.1 Å². The minimum absolute atomic E-state index is 0.0558. The van der Waals surface area contributed by atoms with Crippen LogP contribution in [0.5, 0.6) is 0 Å². The van der Waals surface area contributed by atoms with Crippen molar-refractivity contribution in [2.24, 2.45) is 0 Å². The molecule has 8 nitrogen and oxygen atoms in total. The van der Waals surface area contributed by atoms with Crippen molar-refractivity contribution in [3.05, 3.63) is 36.5 Å². The lowest BCUT2D eigenvalue weighted by Gasteiger charge is -2.31. The van der Waals surface area contributed by atoms with Crippen molar-refractivity contribution in [3.8, 4) is 0 Å². The molecular formula is C40H72NO7+. The molecule has 0 aliphatic heterocycles. The Morgan fingerprint density at radius 2 is 1.17 bits per heavy atom. The highest BCUT2D eigenvalue weighted by atomic mass is 16.6. The van der Waals surface area contributed by atoms with E-state index in [1.54, 1.807) is 0 Å². The van der Waals surface area contributed by atoms with Crippen molar-refractivity contribution in [1.29, 1.82) is 0 Å². The molecule has 2 atom stereocenters. The van der Waals surface area contributed by atoms with Gasteiger partial charge >= 0.3 is 17.9 Å². The molecule has 2 unspecified atom stereocenters. The van der Waals surface area contributed by atoms with Crippen LogP contribution in [-0.2, 0) is 28.6 Å². The van der Waals surface area contributed by atoms with Gasteiger partial charge in [0.25, 0.3) is 0 Å². The first kappa shape index (κ1) is 45.6. The second-order valence-electron chi connectivity index (χ2n) is 13.9. The van der Waals surface area contributed by atoms with Crippen LogP contribution in [0.2, 0.25) is 0 Å². The molecule has 48 heavy (non-hydrogen) atoms. The number of carbonyl (C=O) groups excluding carboxylic acids is 2. The third-order valence-corrected chi connectivity index (χ3v) is 8.37. The molecule has 0 saturated heterocycles. The molecule has 0 aromatic carbocycles. The Balaban J connectivity index is 4.39. The van der Waals surface area contributed by atoms with Crippen molar-refractivity contribution in [2.75, 3.05) is 41.0 Å². The predicted molar refractivity (Wildman–Crippen MR) is 197 cm³/mol. The molecule has 0 aliphatic carbocycles. The van der Waals surface area contributed by atoms with E-state index < -0.39 is 18.1 Å². The Kier molecular flexibility index (Phi) is 30.2. The van der Waals surface area contributed by atoms with Gasteiger partial charge in [0.2, 0.25) is 0 Å². The van der Waals surface area contributed by atoms with Crippen LogP contribution in [0.4, 0.5) is 0 Å². The maximum Gasteiger partial charge on any atom is 0.362 e. The third kappa shape index (κ3) is 29.7. The van der Waals surface area contributed by atoms with Crippen molar-refractivity contribution in [1.82, 2.24) is 0 Å². The summed E-state index contributed by atoms with van der Waals surface area (Å²) in [4.78, 5) is 36.7. The zero-order valence-corrected chi connectivity index (χ0v) is 31.4. The second kappa shape index (κ2) is 31.8. The molecule has 0 bridgehead atoms. The second-order valence-corrected chi connectivity index (χ2v) is 13.9. The van der Waals surface area contributed by atoms with Crippen LogP contribution in [0, 0.1) is 0 Å². The molecule has 0 radical (unpaired) electrons. The summed E-state index contributed by atoms with van der Waals surface area (Å²) in [5.41, 5.74) is 0. The first-order valence-corrected chi connectivity index (χ1v) is 19.1. The normalized spacial score (nSPS) is 13.4. The smallest absolute Gasteiger partial charge is 0.362 e. The quantitative estimate of drug-likeness (QED) is 0.0319. The predicted octanol–water partition coefficient (Wildman–Crippen LogP) is 9.52. The highest BCUT2D eigenvalue weighted by Crippen LogP contribution is 2.14. The van der Waals surface area contributed by atoms with Gasteiger partial charge < -0.3 is 23.8 Å². The fraction of sp³-hybridized carbons (Fsp3) is 0.775. The summed E-state index contributed by atoms with van der Waals surface area (Å²) < 4.78 is 17.2. The number of carboxylic acid groups (broad SMARTS) is 1. The Morgan fingerprint density at radius 1 is 0.646 bits per heavy atom. The molecule has 8 heteroatoms. The van der Waals surface area contributed by atoms with E-state index in [-0.39, 0.29) is 36.2 Å². The maximum absolute atomic E-state index is 12.6. The van der Waals surface area contributed by atoms with E-state index in [1.165, 1.54) is 64.2 Å². The fourth-order valence-corrected chi connectivity index (χ4v) is 5.38. The van der Waals surface area contributed by atoms with Crippen LogP contribution in [0.25, 0.3) is 0 Å². The van der Waals surface area contributed by atoms with Gasteiger partial charge in [0, 0.05) is 19.3 Å². The largest absolute Gasteiger partial charge is 0.477 e. The minimum Gasteiger partial charge on any atom is -0.477 e. The van der Waals surface area contributed by atoms with Gasteiger partial charge in [0.1, 0.15) is 6.61 Å². The summed E-state index contributed by atoms with van der Waals surface area (Å²) in [6.07, 6.45) is 33.3. The average molecular weight is 679 g/mol. The van der Waals surface area contributed by atoms with Crippen LogP contribution in [0.3, 0.4) is 0 Å². The van der Waals surface area contributed by atoms with Gasteiger partial charge in [-0.2, -0.15) is 0 Å². The molecule has 0 aromatic rings. The van der Waals surface area contributed by atoms with Gasteiger partial charge in [-0.3, -0.25) is 9.59 Å². The van der Waals surface area contributed by atoms with Gasteiger partial charge in [0.05, 0.1) is 34.4 Å². The van der Waals surface area contributed by atoms with E-state index in [0.717, 1.165) is 51.4 Å². The Labute approximate surface area is 293 Å². The highest BCUT2D eigenvalue weighted by Gasteiger charge is 2.31. The van der Waals surface area contributed by atoms with Gasteiger partial charge in [-0.25, -0.2) is 4.79 Å². The van der Waals surface area contributed by atoms with Crippen molar-refractivity contribution in [2.45, 2.75) is 161 Å². The summed E-state index contributed by atoms with van der Waals surface area (Å²) in [6.45, 7) is 4.56. The average Bonchev–Trinajstić information content (AvgIpc) is 3.03. The SMILES string of the molecule is CC/C=C/C=C/C=C/CCCCCCCCCC(=O)OCC(COCCC(C(=O)O)[N+](C)(C)C)OC(=O)CCCCCCCCCCC.